The van der Waals surface area contributed by atoms with Crippen molar-refractivity contribution < 1.29 is 13.5 Å². The average molecular weight is 269 g/mol. The van der Waals surface area contributed by atoms with Gasteiger partial charge in [0, 0.05) is 19.7 Å². The van der Waals surface area contributed by atoms with E-state index in [0.29, 0.717) is 18.0 Å². The standard InChI is InChI=1S/C13H19NO3S/c1-10-3-5-13(6-4-10)18(16,17)14-7-11(2)12(8-14)9-15/h3-6,11-12,15H,7-9H2,1-2H3. The maximum absolute atomic E-state index is 12.4. The molecule has 0 saturated carbocycles. The maximum Gasteiger partial charge on any atom is 0.243 e. The topological polar surface area (TPSA) is 57.6 Å². The zero-order valence-corrected chi connectivity index (χ0v) is 11.5. The van der Waals surface area contributed by atoms with Gasteiger partial charge >= 0.3 is 0 Å². The fourth-order valence-corrected chi connectivity index (χ4v) is 3.88. The summed E-state index contributed by atoms with van der Waals surface area (Å²) in [6.45, 7) is 4.85. The fourth-order valence-electron chi connectivity index (χ4n) is 2.28. The first kappa shape index (κ1) is 13.5. The molecule has 1 fully saturated rings. The van der Waals surface area contributed by atoms with Crippen LogP contribution in [0.2, 0.25) is 0 Å². The van der Waals surface area contributed by atoms with Crippen LogP contribution in [0.3, 0.4) is 0 Å². The molecule has 2 unspecified atom stereocenters. The Balaban J connectivity index is 2.25. The van der Waals surface area contributed by atoms with Crippen molar-refractivity contribution in [2.75, 3.05) is 19.7 Å². The van der Waals surface area contributed by atoms with Gasteiger partial charge in [0.15, 0.2) is 0 Å². The monoisotopic (exact) mass is 269 g/mol. The highest BCUT2D eigenvalue weighted by molar-refractivity contribution is 7.89. The second-order valence-electron chi connectivity index (χ2n) is 5.06. The second-order valence-corrected chi connectivity index (χ2v) is 6.99. The molecular weight excluding hydrogens is 250 g/mol. The van der Waals surface area contributed by atoms with E-state index in [-0.39, 0.29) is 18.4 Å². The van der Waals surface area contributed by atoms with Crippen molar-refractivity contribution in [1.82, 2.24) is 4.31 Å². The predicted octanol–water partition coefficient (Wildman–Crippen LogP) is 1.24. The van der Waals surface area contributed by atoms with Crippen molar-refractivity contribution in [3.05, 3.63) is 29.8 Å². The van der Waals surface area contributed by atoms with Crippen LogP contribution in [0.4, 0.5) is 0 Å². The molecule has 18 heavy (non-hydrogen) atoms. The van der Waals surface area contributed by atoms with Crippen LogP contribution < -0.4 is 0 Å². The molecule has 0 aromatic heterocycles. The number of aryl methyl sites for hydroxylation is 1. The Bertz CT molecular complexity index is 510. The Morgan fingerprint density at radius 2 is 1.89 bits per heavy atom. The van der Waals surface area contributed by atoms with Crippen molar-refractivity contribution in [3.63, 3.8) is 0 Å². The first-order valence-corrected chi connectivity index (χ1v) is 7.57. The summed E-state index contributed by atoms with van der Waals surface area (Å²) < 4.78 is 26.3. The zero-order chi connectivity index (χ0) is 13.3. The third-order valence-electron chi connectivity index (χ3n) is 3.63. The summed E-state index contributed by atoms with van der Waals surface area (Å²) in [5, 5.41) is 9.21. The fraction of sp³-hybridized carbons (Fsp3) is 0.538. The van der Waals surface area contributed by atoms with Gasteiger partial charge in [0.25, 0.3) is 0 Å². The van der Waals surface area contributed by atoms with Crippen LogP contribution >= 0.6 is 0 Å². The van der Waals surface area contributed by atoms with Gasteiger partial charge in [-0.25, -0.2) is 8.42 Å². The molecule has 1 aliphatic rings. The first-order valence-electron chi connectivity index (χ1n) is 6.13. The van der Waals surface area contributed by atoms with Gasteiger partial charge in [0.2, 0.25) is 10.0 Å². The molecule has 0 amide bonds. The third-order valence-corrected chi connectivity index (χ3v) is 5.47. The summed E-state index contributed by atoms with van der Waals surface area (Å²) in [5.74, 6) is 0.250. The van der Waals surface area contributed by atoms with E-state index in [2.05, 4.69) is 0 Å². The molecule has 1 N–H and O–H groups in total. The van der Waals surface area contributed by atoms with Crippen molar-refractivity contribution in [3.8, 4) is 0 Å². The van der Waals surface area contributed by atoms with Gasteiger partial charge in [-0.1, -0.05) is 24.6 Å². The molecule has 100 valence electrons. The summed E-state index contributed by atoms with van der Waals surface area (Å²) in [4.78, 5) is 0.332. The van der Waals surface area contributed by atoms with Crippen LogP contribution in [0.5, 0.6) is 0 Å². The number of aliphatic hydroxyl groups is 1. The highest BCUT2D eigenvalue weighted by Crippen LogP contribution is 2.28. The van der Waals surface area contributed by atoms with Crippen LogP contribution in [0.25, 0.3) is 0 Å². The van der Waals surface area contributed by atoms with Crippen LogP contribution in [0.1, 0.15) is 12.5 Å². The minimum atomic E-state index is -3.41. The summed E-state index contributed by atoms with van der Waals surface area (Å²) in [7, 11) is -3.41. The van der Waals surface area contributed by atoms with Crippen LogP contribution in [-0.4, -0.2) is 37.5 Å². The largest absolute Gasteiger partial charge is 0.396 e. The smallest absolute Gasteiger partial charge is 0.243 e. The van der Waals surface area contributed by atoms with Crippen molar-refractivity contribution in [1.29, 1.82) is 0 Å². The maximum atomic E-state index is 12.4. The first-order chi connectivity index (χ1) is 8.45. The Morgan fingerprint density at radius 3 is 2.39 bits per heavy atom. The van der Waals surface area contributed by atoms with Crippen LogP contribution in [0.15, 0.2) is 29.2 Å². The van der Waals surface area contributed by atoms with Gasteiger partial charge < -0.3 is 5.11 Å². The van der Waals surface area contributed by atoms with E-state index in [4.69, 9.17) is 0 Å². The molecule has 0 radical (unpaired) electrons. The highest BCUT2D eigenvalue weighted by Gasteiger charge is 2.36. The molecule has 1 heterocycles. The molecule has 4 nitrogen and oxygen atoms in total. The Labute approximate surface area is 108 Å². The van der Waals surface area contributed by atoms with Gasteiger partial charge in [-0.2, -0.15) is 4.31 Å². The van der Waals surface area contributed by atoms with E-state index in [9.17, 15) is 13.5 Å². The molecule has 2 rings (SSSR count). The van der Waals surface area contributed by atoms with Gasteiger partial charge in [-0.05, 0) is 30.9 Å². The normalized spacial score (nSPS) is 25.5. The molecule has 0 spiro atoms. The van der Waals surface area contributed by atoms with E-state index in [1.807, 2.05) is 13.8 Å². The average Bonchev–Trinajstić information content (AvgIpc) is 2.72. The summed E-state index contributed by atoms with van der Waals surface area (Å²) in [5.41, 5.74) is 1.04. The van der Waals surface area contributed by atoms with Crippen molar-refractivity contribution >= 4 is 10.0 Å². The number of sulfonamides is 1. The van der Waals surface area contributed by atoms with Crippen molar-refractivity contribution in [2.45, 2.75) is 18.7 Å². The molecule has 2 atom stereocenters. The highest BCUT2D eigenvalue weighted by atomic mass is 32.2. The minimum absolute atomic E-state index is 0.0427. The molecule has 0 bridgehead atoms. The Hall–Kier alpha value is -0.910. The molecule has 1 aromatic rings. The van der Waals surface area contributed by atoms with E-state index >= 15 is 0 Å². The number of nitrogens with zero attached hydrogens (tertiary/aromatic N) is 1. The Kier molecular flexibility index (Phi) is 3.75. The molecule has 1 aliphatic heterocycles. The summed E-state index contributed by atoms with van der Waals surface area (Å²) >= 11 is 0. The number of rotatable bonds is 3. The van der Waals surface area contributed by atoms with E-state index < -0.39 is 10.0 Å². The number of hydrogen-bond acceptors (Lipinski definition) is 3. The number of hydrogen-bond donors (Lipinski definition) is 1. The third kappa shape index (κ3) is 2.43. The van der Waals surface area contributed by atoms with Gasteiger partial charge in [-0.3, -0.25) is 0 Å². The van der Waals surface area contributed by atoms with E-state index in [0.717, 1.165) is 5.56 Å². The van der Waals surface area contributed by atoms with Crippen LogP contribution in [-0.2, 0) is 10.0 Å². The lowest BCUT2D eigenvalue weighted by Gasteiger charge is -2.16. The summed E-state index contributed by atoms with van der Waals surface area (Å²) in [6, 6.07) is 6.88. The molecule has 1 aromatic carbocycles. The SMILES string of the molecule is Cc1ccc(S(=O)(=O)N2CC(C)C(CO)C2)cc1. The second kappa shape index (κ2) is 4.99. The molecule has 1 saturated heterocycles. The lowest BCUT2D eigenvalue weighted by molar-refractivity contribution is 0.210. The minimum Gasteiger partial charge on any atom is -0.396 e. The van der Waals surface area contributed by atoms with Gasteiger partial charge in [0.05, 0.1) is 4.90 Å². The quantitative estimate of drug-likeness (QED) is 0.898. The summed E-state index contributed by atoms with van der Waals surface area (Å²) in [6.07, 6.45) is 0. The molecular formula is C13H19NO3S. The number of benzene rings is 1. The predicted molar refractivity (Wildman–Crippen MR) is 69.7 cm³/mol. The van der Waals surface area contributed by atoms with Crippen LogP contribution in [0, 0.1) is 18.8 Å². The lowest BCUT2D eigenvalue weighted by Crippen LogP contribution is -2.29. The van der Waals surface area contributed by atoms with Gasteiger partial charge in [-0.15, -0.1) is 0 Å². The van der Waals surface area contributed by atoms with Crippen molar-refractivity contribution in [2.24, 2.45) is 11.8 Å². The number of aliphatic hydroxyl groups excluding tert-OH is 1. The van der Waals surface area contributed by atoms with E-state index in [1.165, 1.54) is 4.31 Å². The lowest BCUT2D eigenvalue weighted by atomic mass is 10.00. The van der Waals surface area contributed by atoms with E-state index in [1.54, 1.807) is 24.3 Å². The molecule has 5 heteroatoms. The Morgan fingerprint density at radius 1 is 1.28 bits per heavy atom. The molecule has 0 aliphatic carbocycles. The zero-order valence-electron chi connectivity index (χ0n) is 10.7. The van der Waals surface area contributed by atoms with Gasteiger partial charge in [0.1, 0.15) is 0 Å².